The highest BCUT2D eigenvalue weighted by atomic mass is 32.1. The van der Waals surface area contributed by atoms with E-state index in [4.69, 9.17) is 14.2 Å². The Morgan fingerprint density at radius 2 is 2.08 bits per heavy atom. The molecule has 0 spiro atoms. The fourth-order valence-electron chi connectivity index (χ4n) is 2.29. The van der Waals surface area contributed by atoms with Gasteiger partial charge in [0, 0.05) is 19.6 Å². The molecule has 0 radical (unpaired) electrons. The highest BCUT2D eigenvalue weighted by Crippen LogP contribution is 2.19. The Morgan fingerprint density at radius 3 is 2.85 bits per heavy atom. The first kappa shape index (κ1) is 18.0. The van der Waals surface area contributed by atoms with E-state index < -0.39 is 5.97 Å². The topological polar surface area (TPSA) is 92.0 Å². The quantitative estimate of drug-likeness (QED) is 0.581. The van der Waals surface area contributed by atoms with Crippen molar-refractivity contribution in [3.05, 3.63) is 57.0 Å². The Bertz CT molecular complexity index is 982. The fourth-order valence-corrected chi connectivity index (χ4v) is 3.19. The molecule has 3 rings (SSSR count). The number of ether oxygens (including phenoxy) is 3. The van der Waals surface area contributed by atoms with Gasteiger partial charge < -0.3 is 14.2 Å². The van der Waals surface area contributed by atoms with Crippen LogP contribution < -0.4 is 10.3 Å². The van der Waals surface area contributed by atoms with Gasteiger partial charge in [-0.25, -0.2) is 9.78 Å². The summed E-state index contributed by atoms with van der Waals surface area (Å²) < 4.78 is 16.7. The monoisotopic (exact) mass is 375 g/mol. The molecule has 0 fully saturated rings. The van der Waals surface area contributed by atoms with Crippen molar-refractivity contribution in [2.45, 2.75) is 13.0 Å². The minimum atomic E-state index is -0.547. The molecule has 0 unspecified atom stereocenters. The zero-order valence-electron chi connectivity index (χ0n) is 14.3. The van der Waals surface area contributed by atoms with E-state index in [2.05, 4.69) is 10.1 Å². The number of hydrogen-bond donors (Lipinski definition) is 0. The Kier molecular flexibility index (Phi) is 5.59. The molecule has 0 N–H and O–H groups in total. The maximum Gasteiger partial charge on any atom is 0.342 e. The van der Waals surface area contributed by atoms with E-state index in [1.165, 1.54) is 29.0 Å². The van der Waals surface area contributed by atoms with Crippen LogP contribution in [-0.4, -0.2) is 41.4 Å². The number of rotatable bonds is 7. The molecule has 2 aromatic heterocycles. The minimum absolute atomic E-state index is 0.117. The summed E-state index contributed by atoms with van der Waals surface area (Å²) in [5.74, 6) is -0.124. The lowest BCUT2D eigenvalue weighted by Crippen LogP contribution is -2.17. The summed E-state index contributed by atoms with van der Waals surface area (Å²) in [6.07, 6.45) is 0.599. The van der Waals surface area contributed by atoms with Crippen molar-refractivity contribution >= 4 is 22.3 Å². The van der Waals surface area contributed by atoms with Gasteiger partial charge in [0.2, 0.25) is 4.96 Å². The Morgan fingerprint density at radius 1 is 1.27 bits per heavy atom. The number of esters is 1. The second-order valence-corrected chi connectivity index (χ2v) is 6.34. The highest BCUT2D eigenvalue weighted by Gasteiger charge is 2.15. The molecule has 0 aliphatic heterocycles. The Hall–Kier alpha value is -2.78. The van der Waals surface area contributed by atoms with Crippen LogP contribution in [0.1, 0.15) is 21.1 Å². The summed E-state index contributed by atoms with van der Waals surface area (Å²) in [6.45, 7) is 0.395. The maximum absolute atomic E-state index is 12.2. The molecule has 8 nitrogen and oxygen atoms in total. The van der Waals surface area contributed by atoms with Crippen LogP contribution in [0.15, 0.2) is 35.1 Å². The van der Waals surface area contributed by atoms with Crippen LogP contribution in [-0.2, 0) is 22.5 Å². The normalized spacial score (nSPS) is 10.8. The Labute approximate surface area is 153 Å². The van der Waals surface area contributed by atoms with E-state index in [9.17, 15) is 9.59 Å². The van der Waals surface area contributed by atoms with Crippen LogP contribution in [0.4, 0.5) is 0 Å². The highest BCUT2D eigenvalue weighted by molar-refractivity contribution is 7.16. The van der Waals surface area contributed by atoms with Crippen molar-refractivity contribution in [2.75, 3.05) is 20.8 Å². The van der Waals surface area contributed by atoms with Crippen LogP contribution in [0.2, 0.25) is 0 Å². The molecule has 2 heterocycles. The lowest BCUT2D eigenvalue weighted by atomic mass is 10.2. The van der Waals surface area contributed by atoms with Crippen molar-refractivity contribution in [1.29, 1.82) is 0 Å². The molecular weight excluding hydrogens is 358 g/mol. The van der Waals surface area contributed by atoms with Crippen LogP contribution in [0.3, 0.4) is 0 Å². The lowest BCUT2D eigenvalue weighted by molar-refractivity contribution is 0.0464. The molecule has 0 aliphatic carbocycles. The van der Waals surface area contributed by atoms with Crippen molar-refractivity contribution in [3.8, 4) is 5.75 Å². The van der Waals surface area contributed by atoms with E-state index in [0.29, 0.717) is 35.0 Å². The SMILES string of the molecule is COCCc1nn2c(=O)cc(COC(=O)c3ccccc3OC)nc2s1. The van der Waals surface area contributed by atoms with E-state index in [0.717, 1.165) is 5.01 Å². The first-order chi connectivity index (χ1) is 12.6. The molecule has 0 aliphatic rings. The van der Waals surface area contributed by atoms with Gasteiger partial charge in [0.1, 0.15) is 22.9 Å². The molecule has 1 aromatic carbocycles. The summed E-state index contributed by atoms with van der Waals surface area (Å²) in [7, 11) is 3.08. The number of fused-ring (bicyclic) bond motifs is 1. The molecule has 9 heteroatoms. The molecule has 0 bridgehead atoms. The van der Waals surface area contributed by atoms with Gasteiger partial charge in [-0.05, 0) is 12.1 Å². The number of carbonyl (C=O) groups excluding carboxylic acids is 1. The van der Waals surface area contributed by atoms with Crippen LogP contribution in [0, 0.1) is 0 Å². The summed E-state index contributed by atoms with van der Waals surface area (Å²) in [5, 5.41) is 4.96. The first-order valence-corrected chi connectivity index (χ1v) is 8.61. The average Bonchev–Trinajstić information content (AvgIpc) is 3.08. The molecular formula is C17H17N3O5S. The van der Waals surface area contributed by atoms with Gasteiger partial charge >= 0.3 is 5.97 Å². The van der Waals surface area contributed by atoms with Gasteiger partial charge in [0.25, 0.3) is 5.56 Å². The van der Waals surface area contributed by atoms with Crippen molar-refractivity contribution in [3.63, 3.8) is 0 Å². The smallest absolute Gasteiger partial charge is 0.342 e. The number of methoxy groups -OCH3 is 2. The van der Waals surface area contributed by atoms with Gasteiger partial charge in [0.05, 0.1) is 19.4 Å². The van der Waals surface area contributed by atoms with Crippen molar-refractivity contribution < 1.29 is 19.0 Å². The van der Waals surface area contributed by atoms with Crippen molar-refractivity contribution in [2.24, 2.45) is 0 Å². The van der Waals surface area contributed by atoms with E-state index in [-0.39, 0.29) is 12.2 Å². The first-order valence-electron chi connectivity index (χ1n) is 7.80. The predicted octanol–water partition coefficient (Wildman–Crippen LogP) is 1.71. The number of nitrogens with zero attached hydrogens (tertiary/aromatic N) is 3. The standard InChI is InChI=1S/C17H17N3O5S/c1-23-8-7-14-19-20-15(21)9-11(18-17(20)26-14)10-25-16(22)12-5-3-4-6-13(12)24-2/h3-6,9H,7-8,10H2,1-2H3. The molecule has 0 saturated heterocycles. The lowest BCUT2D eigenvalue weighted by Gasteiger charge is -2.08. The molecule has 0 saturated carbocycles. The third-order valence-electron chi connectivity index (χ3n) is 3.54. The molecule has 136 valence electrons. The molecule has 3 aromatic rings. The average molecular weight is 375 g/mol. The molecule has 26 heavy (non-hydrogen) atoms. The third-order valence-corrected chi connectivity index (χ3v) is 4.51. The van der Waals surface area contributed by atoms with Gasteiger partial charge in [0.15, 0.2) is 0 Å². The maximum atomic E-state index is 12.2. The largest absolute Gasteiger partial charge is 0.496 e. The van der Waals surface area contributed by atoms with Gasteiger partial charge in [-0.3, -0.25) is 4.79 Å². The van der Waals surface area contributed by atoms with E-state index >= 15 is 0 Å². The van der Waals surface area contributed by atoms with Crippen LogP contribution >= 0.6 is 11.3 Å². The van der Waals surface area contributed by atoms with E-state index in [1.54, 1.807) is 31.4 Å². The zero-order chi connectivity index (χ0) is 18.5. The fraction of sp³-hybridized carbons (Fsp3) is 0.294. The second kappa shape index (κ2) is 8.07. The van der Waals surface area contributed by atoms with Crippen molar-refractivity contribution in [1.82, 2.24) is 14.6 Å². The number of para-hydroxylation sites is 1. The summed E-state index contributed by atoms with van der Waals surface area (Å²) in [5.41, 5.74) is 0.353. The summed E-state index contributed by atoms with van der Waals surface area (Å²) >= 11 is 1.30. The number of hydrogen-bond acceptors (Lipinski definition) is 8. The minimum Gasteiger partial charge on any atom is -0.496 e. The van der Waals surface area contributed by atoms with E-state index in [1.807, 2.05) is 0 Å². The third kappa shape index (κ3) is 3.89. The number of carbonyl (C=O) groups is 1. The number of aromatic nitrogens is 3. The molecule has 0 amide bonds. The van der Waals surface area contributed by atoms with Gasteiger partial charge in [-0.2, -0.15) is 9.61 Å². The number of benzene rings is 1. The molecule has 0 atom stereocenters. The second-order valence-electron chi connectivity index (χ2n) is 5.30. The summed E-state index contributed by atoms with van der Waals surface area (Å²) in [4.78, 5) is 29.2. The van der Waals surface area contributed by atoms with Gasteiger partial charge in [-0.15, -0.1) is 0 Å². The predicted molar refractivity (Wildman–Crippen MR) is 94.8 cm³/mol. The zero-order valence-corrected chi connectivity index (χ0v) is 15.1. The van der Waals surface area contributed by atoms with Crippen LogP contribution in [0.25, 0.3) is 4.96 Å². The van der Waals surface area contributed by atoms with Gasteiger partial charge in [-0.1, -0.05) is 23.5 Å². The Balaban J connectivity index is 1.76. The summed E-state index contributed by atoms with van der Waals surface area (Å²) in [6, 6.07) is 8.07. The van der Waals surface area contributed by atoms with Crippen LogP contribution in [0.5, 0.6) is 5.75 Å².